The van der Waals surface area contributed by atoms with Crippen molar-refractivity contribution >= 4 is 0 Å². The molecule has 0 radical (unpaired) electrons. The monoisotopic (exact) mass is 208 g/mol. The number of benzene rings is 1. The Bertz CT molecular complexity index is 286. The SMILES string of the molecule is O[C@H]1CCCO[C@H]1OCc1ccccc1. The van der Waals surface area contributed by atoms with Crippen LogP contribution in [-0.2, 0) is 16.1 Å². The summed E-state index contributed by atoms with van der Waals surface area (Å²) in [7, 11) is 0. The van der Waals surface area contributed by atoms with E-state index in [1.807, 2.05) is 30.3 Å². The van der Waals surface area contributed by atoms with Crippen LogP contribution in [0.4, 0.5) is 0 Å². The molecule has 1 aliphatic rings. The standard InChI is InChI=1S/C12H16O3/c13-11-7-4-8-14-12(11)15-9-10-5-2-1-3-6-10/h1-3,5-6,11-13H,4,7-9H2/t11-,12-/m0/s1. The fourth-order valence-electron chi connectivity index (χ4n) is 1.65. The van der Waals surface area contributed by atoms with Crippen LogP contribution in [0.25, 0.3) is 0 Å². The first-order chi connectivity index (χ1) is 7.36. The van der Waals surface area contributed by atoms with E-state index in [4.69, 9.17) is 9.47 Å². The summed E-state index contributed by atoms with van der Waals surface area (Å²) in [5.41, 5.74) is 1.10. The number of rotatable bonds is 3. The lowest BCUT2D eigenvalue weighted by atomic mass is 10.1. The molecule has 0 aliphatic carbocycles. The Morgan fingerprint density at radius 1 is 1.33 bits per heavy atom. The highest BCUT2D eigenvalue weighted by molar-refractivity contribution is 5.13. The second-order valence-electron chi connectivity index (χ2n) is 3.75. The summed E-state index contributed by atoms with van der Waals surface area (Å²) in [6.07, 6.45) is 0.729. The predicted octanol–water partition coefficient (Wildman–Crippen LogP) is 1.70. The van der Waals surface area contributed by atoms with Crippen molar-refractivity contribution in [1.29, 1.82) is 0 Å². The van der Waals surface area contributed by atoms with E-state index < -0.39 is 12.4 Å². The average molecular weight is 208 g/mol. The fourth-order valence-corrected chi connectivity index (χ4v) is 1.65. The van der Waals surface area contributed by atoms with Crippen molar-refractivity contribution in [1.82, 2.24) is 0 Å². The van der Waals surface area contributed by atoms with Crippen molar-refractivity contribution in [3.63, 3.8) is 0 Å². The number of hydrogen-bond donors (Lipinski definition) is 1. The van der Waals surface area contributed by atoms with E-state index in [2.05, 4.69) is 0 Å². The largest absolute Gasteiger partial charge is 0.388 e. The van der Waals surface area contributed by atoms with E-state index in [-0.39, 0.29) is 0 Å². The van der Waals surface area contributed by atoms with Crippen LogP contribution in [0.2, 0.25) is 0 Å². The molecule has 1 saturated heterocycles. The van der Waals surface area contributed by atoms with Crippen molar-refractivity contribution < 1.29 is 14.6 Å². The molecule has 15 heavy (non-hydrogen) atoms. The minimum absolute atomic E-state index is 0.459. The molecule has 3 heteroatoms. The molecule has 0 saturated carbocycles. The van der Waals surface area contributed by atoms with Crippen LogP contribution in [0.5, 0.6) is 0 Å². The van der Waals surface area contributed by atoms with Gasteiger partial charge in [-0.15, -0.1) is 0 Å². The summed E-state index contributed by atoms with van der Waals surface area (Å²) in [6.45, 7) is 1.17. The first-order valence-corrected chi connectivity index (χ1v) is 5.31. The average Bonchev–Trinajstić information content (AvgIpc) is 2.29. The minimum atomic E-state index is -0.484. The van der Waals surface area contributed by atoms with E-state index in [0.29, 0.717) is 13.2 Å². The maximum atomic E-state index is 9.60. The smallest absolute Gasteiger partial charge is 0.183 e. The highest BCUT2D eigenvalue weighted by atomic mass is 16.7. The third-order valence-corrected chi connectivity index (χ3v) is 2.50. The Hall–Kier alpha value is -0.900. The van der Waals surface area contributed by atoms with Gasteiger partial charge in [0.05, 0.1) is 6.61 Å². The summed E-state index contributed by atoms with van der Waals surface area (Å²) >= 11 is 0. The first-order valence-electron chi connectivity index (χ1n) is 5.31. The molecule has 1 aromatic rings. The van der Waals surface area contributed by atoms with Crippen molar-refractivity contribution in [3.8, 4) is 0 Å². The van der Waals surface area contributed by atoms with E-state index in [1.165, 1.54) is 0 Å². The van der Waals surface area contributed by atoms with Gasteiger partial charge in [0, 0.05) is 6.61 Å². The van der Waals surface area contributed by atoms with Crippen molar-refractivity contribution in [2.24, 2.45) is 0 Å². The van der Waals surface area contributed by atoms with Gasteiger partial charge in [0.15, 0.2) is 6.29 Å². The molecule has 2 atom stereocenters. The van der Waals surface area contributed by atoms with E-state index in [0.717, 1.165) is 18.4 Å². The molecule has 1 N–H and O–H groups in total. The molecular weight excluding hydrogens is 192 g/mol. The molecular formula is C12H16O3. The van der Waals surface area contributed by atoms with Crippen LogP contribution in [0.1, 0.15) is 18.4 Å². The Morgan fingerprint density at radius 3 is 2.87 bits per heavy atom. The van der Waals surface area contributed by atoms with Gasteiger partial charge in [-0.25, -0.2) is 0 Å². The molecule has 2 rings (SSSR count). The second-order valence-corrected chi connectivity index (χ2v) is 3.75. The van der Waals surface area contributed by atoms with Gasteiger partial charge >= 0.3 is 0 Å². The molecule has 0 bridgehead atoms. The van der Waals surface area contributed by atoms with Gasteiger partial charge in [-0.2, -0.15) is 0 Å². The molecule has 0 spiro atoms. The number of aliphatic hydroxyl groups is 1. The van der Waals surface area contributed by atoms with Crippen LogP contribution in [0.15, 0.2) is 30.3 Å². The maximum absolute atomic E-state index is 9.60. The molecule has 0 unspecified atom stereocenters. The highest BCUT2D eigenvalue weighted by Gasteiger charge is 2.24. The number of ether oxygens (including phenoxy) is 2. The Morgan fingerprint density at radius 2 is 2.13 bits per heavy atom. The second kappa shape index (κ2) is 5.26. The Labute approximate surface area is 89.6 Å². The summed E-state index contributed by atoms with van der Waals surface area (Å²) in [6, 6.07) is 9.90. The summed E-state index contributed by atoms with van der Waals surface area (Å²) in [5, 5.41) is 9.60. The Balaban J connectivity index is 1.82. The molecule has 3 nitrogen and oxygen atoms in total. The minimum Gasteiger partial charge on any atom is -0.388 e. The fraction of sp³-hybridized carbons (Fsp3) is 0.500. The number of hydrogen-bond acceptors (Lipinski definition) is 3. The van der Waals surface area contributed by atoms with Crippen LogP contribution >= 0.6 is 0 Å². The van der Waals surface area contributed by atoms with Crippen LogP contribution in [0, 0.1) is 0 Å². The van der Waals surface area contributed by atoms with Crippen molar-refractivity contribution in [2.45, 2.75) is 31.8 Å². The predicted molar refractivity (Wildman–Crippen MR) is 56.2 cm³/mol. The lowest BCUT2D eigenvalue weighted by Crippen LogP contribution is -2.36. The van der Waals surface area contributed by atoms with Crippen LogP contribution < -0.4 is 0 Å². The Kier molecular flexibility index (Phi) is 3.72. The first kappa shape index (κ1) is 10.6. The van der Waals surface area contributed by atoms with Crippen molar-refractivity contribution in [3.05, 3.63) is 35.9 Å². The summed E-state index contributed by atoms with van der Waals surface area (Å²) in [4.78, 5) is 0. The highest BCUT2D eigenvalue weighted by Crippen LogP contribution is 2.16. The van der Waals surface area contributed by atoms with Gasteiger partial charge in [0.1, 0.15) is 6.10 Å². The lowest BCUT2D eigenvalue weighted by Gasteiger charge is -2.27. The number of aliphatic hydroxyl groups excluding tert-OH is 1. The third-order valence-electron chi connectivity index (χ3n) is 2.50. The van der Waals surface area contributed by atoms with Gasteiger partial charge in [-0.1, -0.05) is 30.3 Å². The lowest BCUT2D eigenvalue weighted by molar-refractivity contribution is -0.219. The van der Waals surface area contributed by atoms with E-state index in [1.54, 1.807) is 0 Å². The van der Waals surface area contributed by atoms with Gasteiger partial charge in [-0.3, -0.25) is 0 Å². The normalized spacial score (nSPS) is 26.5. The molecule has 1 aliphatic heterocycles. The van der Waals surface area contributed by atoms with Gasteiger partial charge in [0.2, 0.25) is 0 Å². The quantitative estimate of drug-likeness (QED) is 0.821. The molecule has 0 amide bonds. The van der Waals surface area contributed by atoms with Crippen LogP contribution in [0.3, 0.4) is 0 Å². The third kappa shape index (κ3) is 3.02. The molecule has 1 heterocycles. The van der Waals surface area contributed by atoms with Gasteiger partial charge in [-0.05, 0) is 18.4 Å². The van der Waals surface area contributed by atoms with E-state index >= 15 is 0 Å². The molecule has 1 fully saturated rings. The van der Waals surface area contributed by atoms with Crippen LogP contribution in [-0.4, -0.2) is 24.1 Å². The summed E-state index contributed by atoms with van der Waals surface area (Å²) in [5.74, 6) is 0. The molecule has 1 aromatic carbocycles. The van der Waals surface area contributed by atoms with E-state index in [9.17, 15) is 5.11 Å². The zero-order valence-electron chi connectivity index (χ0n) is 8.63. The van der Waals surface area contributed by atoms with Crippen molar-refractivity contribution in [2.75, 3.05) is 6.61 Å². The zero-order chi connectivity index (χ0) is 10.5. The maximum Gasteiger partial charge on any atom is 0.183 e. The molecule has 0 aromatic heterocycles. The van der Waals surface area contributed by atoms with Gasteiger partial charge in [0.25, 0.3) is 0 Å². The topological polar surface area (TPSA) is 38.7 Å². The molecule has 82 valence electrons. The van der Waals surface area contributed by atoms with Gasteiger partial charge < -0.3 is 14.6 Å². The zero-order valence-corrected chi connectivity index (χ0v) is 8.63. The summed E-state index contributed by atoms with van der Waals surface area (Å²) < 4.78 is 10.8.